The molecule has 0 aromatic heterocycles. The predicted octanol–water partition coefficient (Wildman–Crippen LogP) is 4.48. The Morgan fingerprint density at radius 3 is 2.12 bits per heavy atom. The Kier molecular flexibility index (Phi) is 7.40. The van der Waals surface area contributed by atoms with Crippen LogP contribution in [0.15, 0.2) is 22.8 Å². The molecule has 0 rings (SSSR count). The number of rotatable bonds is 6. The third-order valence-corrected chi connectivity index (χ3v) is 3.06. The fraction of sp³-hybridized carbons (Fsp3) is 0.733. The summed E-state index contributed by atoms with van der Waals surface area (Å²) in [5.41, 5.74) is 3.67. The highest BCUT2D eigenvalue weighted by atomic mass is 16.3. The highest BCUT2D eigenvalue weighted by Crippen LogP contribution is 2.23. The van der Waals surface area contributed by atoms with E-state index in [2.05, 4.69) is 47.6 Å². The van der Waals surface area contributed by atoms with Crippen molar-refractivity contribution in [2.24, 2.45) is 5.92 Å². The average Bonchev–Trinajstić information content (AvgIpc) is 2.22. The van der Waals surface area contributed by atoms with Crippen LogP contribution in [0.3, 0.4) is 0 Å². The standard InChI is InChI=1S/C15H28O/c1-7-8-9-10-14(13(6)11(2)3)15(16)12(4)5/h10,12,15-16H,7-9H2,1-6H3/b14-10+/t15-/m0/s1. The third kappa shape index (κ3) is 4.98. The van der Waals surface area contributed by atoms with Crippen LogP contribution in [0.25, 0.3) is 0 Å². The van der Waals surface area contributed by atoms with Crippen LogP contribution < -0.4 is 0 Å². The lowest BCUT2D eigenvalue weighted by molar-refractivity contribution is 0.162. The molecule has 0 spiro atoms. The molecule has 0 aliphatic heterocycles. The lowest BCUT2D eigenvalue weighted by Gasteiger charge is -2.20. The van der Waals surface area contributed by atoms with Crippen LogP contribution in [0.2, 0.25) is 0 Å². The van der Waals surface area contributed by atoms with Crippen LogP contribution in [0.5, 0.6) is 0 Å². The van der Waals surface area contributed by atoms with Crippen molar-refractivity contribution in [3.63, 3.8) is 0 Å². The van der Waals surface area contributed by atoms with Gasteiger partial charge >= 0.3 is 0 Å². The van der Waals surface area contributed by atoms with E-state index in [1.165, 1.54) is 24.0 Å². The quantitative estimate of drug-likeness (QED) is 0.521. The number of allylic oxidation sites excluding steroid dienone is 2. The molecule has 94 valence electrons. The molecule has 0 aliphatic rings. The van der Waals surface area contributed by atoms with Crippen LogP contribution >= 0.6 is 0 Å². The van der Waals surface area contributed by atoms with Crippen molar-refractivity contribution in [1.29, 1.82) is 0 Å². The number of hydrogen-bond acceptors (Lipinski definition) is 1. The fourth-order valence-electron chi connectivity index (χ4n) is 1.61. The molecule has 0 fully saturated rings. The first-order valence-electron chi connectivity index (χ1n) is 6.44. The van der Waals surface area contributed by atoms with E-state index >= 15 is 0 Å². The van der Waals surface area contributed by atoms with Crippen molar-refractivity contribution in [3.05, 3.63) is 22.8 Å². The van der Waals surface area contributed by atoms with Crippen molar-refractivity contribution in [1.82, 2.24) is 0 Å². The molecule has 1 heteroatoms. The molecule has 0 amide bonds. The normalized spacial score (nSPS) is 14.1. The van der Waals surface area contributed by atoms with Gasteiger partial charge in [-0.25, -0.2) is 0 Å². The van der Waals surface area contributed by atoms with Crippen LogP contribution in [0, 0.1) is 5.92 Å². The molecule has 0 radical (unpaired) electrons. The summed E-state index contributed by atoms with van der Waals surface area (Å²) in [6.07, 6.45) is 5.36. The Morgan fingerprint density at radius 1 is 1.19 bits per heavy atom. The molecule has 0 heterocycles. The van der Waals surface area contributed by atoms with Crippen molar-refractivity contribution in [2.45, 2.75) is 66.9 Å². The number of aliphatic hydroxyl groups excluding tert-OH is 1. The van der Waals surface area contributed by atoms with E-state index in [1.807, 2.05) is 0 Å². The van der Waals surface area contributed by atoms with Gasteiger partial charge in [0.25, 0.3) is 0 Å². The minimum atomic E-state index is -0.327. The Bertz CT molecular complexity index is 255. The second-order valence-electron chi connectivity index (χ2n) is 5.12. The minimum Gasteiger partial charge on any atom is -0.388 e. The SMILES string of the molecule is CCCC/C=C(\C(C)=C(C)C)[C@@H](O)C(C)C. The van der Waals surface area contributed by atoms with Gasteiger partial charge in [0.2, 0.25) is 0 Å². The highest BCUT2D eigenvalue weighted by Gasteiger charge is 2.16. The third-order valence-electron chi connectivity index (χ3n) is 3.06. The molecular weight excluding hydrogens is 196 g/mol. The summed E-state index contributed by atoms with van der Waals surface area (Å²) in [5.74, 6) is 0.280. The van der Waals surface area contributed by atoms with Crippen molar-refractivity contribution >= 4 is 0 Å². The largest absolute Gasteiger partial charge is 0.388 e. The molecule has 0 aromatic rings. The van der Waals surface area contributed by atoms with Gasteiger partial charge in [0.15, 0.2) is 0 Å². The average molecular weight is 224 g/mol. The lowest BCUT2D eigenvalue weighted by Crippen LogP contribution is -2.19. The summed E-state index contributed by atoms with van der Waals surface area (Å²) in [7, 11) is 0. The number of hydrogen-bond donors (Lipinski definition) is 1. The zero-order valence-corrected chi connectivity index (χ0v) is 11.8. The van der Waals surface area contributed by atoms with Crippen LogP contribution in [0.4, 0.5) is 0 Å². The van der Waals surface area contributed by atoms with Crippen LogP contribution in [-0.4, -0.2) is 11.2 Å². The molecule has 0 saturated heterocycles. The fourth-order valence-corrected chi connectivity index (χ4v) is 1.61. The Balaban J connectivity index is 4.91. The number of unbranched alkanes of at least 4 members (excludes halogenated alkanes) is 2. The minimum absolute atomic E-state index is 0.280. The van der Waals surface area contributed by atoms with E-state index in [-0.39, 0.29) is 12.0 Å². The van der Waals surface area contributed by atoms with Crippen molar-refractivity contribution < 1.29 is 5.11 Å². The molecule has 1 atom stereocenters. The summed E-state index contributed by atoms with van der Waals surface area (Å²) in [6, 6.07) is 0. The molecule has 0 unspecified atom stereocenters. The maximum Gasteiger partial charge on any atom is 0.0812 e. The predicted molar refractivity (Wildman–Crippen MR) is 72.5 cm³/mol. The lowest BCUT2D eigenvalue weighted by atomic mass is 9.90. The Hall–Kier alpha value is -0.560. The molecule has 1 N–H and O–H groups in total. The Labute approximate surface area is 101 Å². The van der Waals surface area contributed by atoms with E-state index in [1.54, 1.807) is 0 Å². The first-order chi connectivity index (χ1) is 7.41. The summed E-state index contributed by atoms with van der Waals surface area (Å²) in [4.78, 5) is 0. The van der Waals surface area contributed by atoms with Gasteiger partial charge < -0.3 is 5.11 Å². The highest BCUT2D eigenvalue weighted by molar-refractivity contribution is 5.35. The van der Waals surface area contributed by atoms with Crippen LogP contribution in [0.1, 0.15) is 60.8 Å². The maximum absolute atomic E-state index is 10.2. The molecule has 1 nitrogen and oxygen atoms in total. The van der Waals surface area contributed by atoms with Crippen molar-refractivity contribution in [3.8, 4) is 0 Å². The van der Waals surface area contributed by atoms with Gasteiger partial charge in [-0.2, -0.15) is 0 Å². The second-order valence-corrected chi connectivity index (χ2v) is 5.12. The topological polar surface area (TPSA) is 20.2 Å². The zero-order chi connectivity index (χ0) is 12.7. The van der Waals surface area contributed by atoms with Crippen molar-refractivity contribution in [2.75, 3.05) is 0 Å². The molecule has 0 aromatic carbocycles. The van der Waals surface area contributed by atoms with E-state index in [0.717, 1.165) is 12.0 Å². The summed E-state index contributed by atoms with van der Waals surface area (Å²) < 4.78 is 0. The van der Waals surface area contributed by atoms with Crippen LogP contribution in [-0.2, 0) is 0 Å². The molecule has 0 bridgehead atoms. The number of aliphatic hydroxyl groups is 1. The molecule has 16 heavy (non-hydrogen) atoms. The molecule has 0 aliphatic carbocycles. The smallest absolute Gasteiger partial charge is 0.0812 e. The van der Waals surface area contributed by atoms with Gasteiger partial charge in [0.05, 0.1) is 6.10 Å². The summed E-state index contributed by atoms with van der Waals surface area (Å²) in [6.45, 7) is 12.7. The monoisotopic (exact) mass is 224 g/mol. The maximum atomic E-state index is 10.2. The van der Waals surface area contributed by atoms with Gasteiger partial charge in [-0.3, -0.25) is 0 Å². The van der Waals surface area contributed by atoms with E-state index in [0.29, 0.717) is 0 Å². The summed E-state index contributed by atoms with van der Waals surface area (Å²) >= 11 is 0. The first-order valence-corrected chi connectivity index (χ1v) is 6.44. The zero-order valence-electron chi connectivity index (χ0n) is 11.8. The molecular formula is C15H28O. The van der Waals surface area contributed by atoms with Gasteiger partial charge in [0.1, 0.15) is 0 Å². The van der Waals surface area contributed by atoms with E-state index < -0.39 is 0 Å². The van der Waals surface area contributed by atoms with Gasteiger partial charge in [-0.05, 0) is 44.3 Å². The van der Waals surface area contributed by atoms with Gasteiger partial charge in [0, 0.05) is 0 Å². The van der Waals surface area contributed by atoms with E-state index in [4.69, 9.17) is 0 Å². The first kappa shape index (κ1) is 15.4. The van der Waals surface area contributed by atoms with Gasteiger partial charge in [-0.1, -0.05) is 45.3 Å². The molecule has 0 saturated carbocycles. The van der Waals surface area contributed by atoms with Gasteiger partial charge in [-0.15, -0.1) is 0 Å². The second kappa shape index (κ2) is 7.67. The Morgan fingerprint density at radius 2 is 1.75 bits per heavy atom. The van der Waals surface area contributed by atoms with E-state index in [9.17, 15) is 5.11 Å². The summed E-state index contributed by atoms with van der Waals surface area (Å²) in [5, 5.41) is 10.2.